The van der Waals surface area contributed by atoms with Crippen molar-refractivity contribution in [2.75, 3.05) is 6.54 Å². The lowest BCUT2D eigenvalue weighted by Crippen LogP contribution is -2.17. The average molecular weight is 288 g/mol. The van der Waals surface area contributed by atoms with Gasteiger partial charge in [0.25, 0.3) is 0 Å². The summed E-state index contributed by atoms with van der Waals surface area (Å²) in [5, 5.41) is 13.7. The standard InChI is InChI=1S/C16H17FN2O2/c1-12-4-2-3-5-14(12)8-9-18-11-13-6-7-16(19(20)21)15(17)10-13/h2-7,10,18H,8-9,11H2,1H3. The van der Waals surface area contributed by atoms with E-state index in [1.54, 1.807) is 6.07 Å². The minimum atomic E-state index is -0.793. The number of nitrogens with one attached hydrogen (secondary N) is 1. The van der Waals surface area contributed by atoms with Crippen molar-refractivity contribution in [1.29, 1.82) is 0 Å². The van der Waals surface area contributed by atoms with Gasteiger partial charge in [-0.2, -0.15) is 4.39 Å². The molecule has 0 heterocycles. The molecule has 0 saturated heterocycles. The molecule has 0 amide bonds. The van der Waals surface area contributed by atoms with Gasteiger partial charge in [-0.1, -0.05) is 30.3 Å². The van der Waals surface area contributed by atoms with Gasteiger partial charge in [0.05, 0.1) is 4.92 Å². The van der Waals surface area contributed by atoms with E-state index in [1.165, 1.54) is 23.3 Å². The number of hydrogen-bond acceptors (Lipinski definition) is 3. The second-order valence-electron chi connectivity index (χ2n) is 4.90. The van der Waals surface area contributed by atoms with E-state index in [0.29, 0.717) is 12.1 Å². The highest BCUT2D eigenvalue weighted by atomic mass is 19.1. The van der Waals surface area contributed by atoms with Crippen molar-refractivity contribution in [2.24, 2.45) is 0 Å². The van der Waals surface area contributed by atoms with Crippen LogP contribution < -0.4 is 5.32 Å². The van der Waals surface area contributed by atoms with E-state index >= 15 is 0 Å². The predicted molar refractivity (Wildman–Crippen MR) is 79.6 cm³/mol. The van der Waals surface area contributed by atoms with Crippen LogP contribution in [0, 0.1) is 22.9 Å². The number of rotatable bonds is 6. The fraction of sp³-hybridized carbons (Fsp3) is 0.250. The van der Waals surface area contributed by atoms with Crippen molar-refractivity contribution in [3.8, 4) is 0 Å². The molecule has 5 heteroatoms. The highest BCUT2D eigenvalue weighted by molar-refractivity contribution is 5.35. The van der Waals surface area contributed by atoms with E-state index in [-0.39, 0.29) is 0 Å². The lowest BCUT2D eigenvalue weighted by atomic mass is 10.1. The molecule has 0 radical (unpaired) electrons. The molecule has 1 N–H and O–H groups in total. The Morgan fingerprint density at radius 1 is 1.24 bits per heavy atom. The summed E-state index contributed by atoms with van der Waals surface area (Å²) in [6.07, 6.45) is 0.891. The summed E-state index contributed by atoms with van der Waals surface area (Å²) in [5.41, 5.74) is 2.74. The number of nitro groups is 1. The fourth-order valence-electron chi connectivity index (χ4n) is 2.15. The van der Waals surface area contributed by atoms with Crippen molar-refractivity contribution >= 4 is 5.69 Å². The molecule has 0 fully saturated rings. The van der Waals surface area contributed by atoms with Crippen LogP contribution in [0.3, 0.4) is 0 Å². The maximum Gasteiger partial charge on any atom is 0.304 e. The summed E-state index contributed by atoms with van der Waals surface area (Å²) in [4.78, 5) is 9.81. The summed E-state index contributed by atoms with van der Waals surface area (Å²) in [5.74, 6) is -0.793. The van der Waals surface area contributed by atoms with Gasteiger partial charge in [-0.3, -0.25) is 10.1 Å². The summed E-state index contributed by atoms with van der Waals surface area (Å²) in [6, 6.07) is 12.2. The molecule has 4 nitrogen and oxygen atoms in total. The van der Waals surface area contributed by atoms with Gasteiger partial charge in [-0.05, 0) is 42.6 Å². The molecule has 0 saturated carbocycles. The molecule has 21 heavy (non-hydrogen) atoms. The van der Waals surface area contributed by atoms with Crippen LogP contribution in [0.4, 0.5) is 10.1 Å². The van der Waals surface area contributed by atoms with Crippen molar-refractivity contribution in [2.45, 2.75) is 19.9 Å². The number of halogens is 1. The van der Waals surface area contributed by atoms with Crippen LogP contribution in [0.5, 0.6) is 0 Å². The molecule has 0 atom stereocenters. The van der Waals surface area contributed by atoms with E-state index in [9.17, 15) is 14.5 Å². The van der Waals surface area contributed by atoms with Gasteiger partial charge in [0.2, 0.25) is 5.82 Å². The topological polar surface area (TPSA) is 55.2 Å². The monoisotopic (exact) mass is 288 g/mol. The molecule has 2 rings (SSSR count). The molecule has 2 aromatic rings. The molecule has 0 unspecified atom stereocenters. The minimum absolute atomic E-state index is 0.487. The van der Waals surface area contributed by atoms with E-state index in [2.05, 4.69) is 24.4 Å². The van der Waals surface area contributed by atoms with Crippen molar-refractivity contribution < 1.29 is 9.31 Å². The number of hydrogen-bond donors (Lipinski definition) is 1. The molecule has 2 aromatic carbocycles. The molecular weight excluding hydrogens is 271 g/mol. The molecule has 110 valence electrons. The predicted octanol–water partition coefficient (Wildman–Crippen LogP) is 3.37. The van der Waals surface area contributed by atoms with E-state index in [1.807, 2.05) is 12.1 Å². The highest BCUT2D eigenvalue weighted by Crippen LogP contribution is 2.17. The normalized spacial score (nSPS) is 10.6. The van der Waals surface area contributed by atoms with Crippen LogP contribution in [-0.2, 0) is 13.0 Å². The van der Waals surface area contributed by atoms with Crippen LogP contribution >= 0.6 is 0 Å². The van der Waals surface area contributed by atoms with E-state index in [0.717, 1.165) is 13.0 Å². The smallest absolute Gasteiger partial charge is 0.304 e. The second-order valence-corrected chi connectivity index (χ2v) is 4.90. The van der Waals surface area contributed by atoms with Crippen LogP contribution in [-0.4, -0.2) is 11.5 Å². The minimum Gasteiger partial charge on any atom is -0.312 e. The lowest BCUT2D eigenvalue weighted by molar-refractivity contribution is -0.387. The molecule has 0 bridgehead atoms. The Morgan fingerprint density at radius 2 is 2.00 bits per heavy atom. The Balaban J connectivity index is 1.85. The molecule has 0 aromatic heterocycles. The third-order valence-electron chi connectivity index (χ3n) is 3.37. The summed E-state index contributed by atoms with van der Waals surface area (Å²) in [6.45, 7) is 3.32. The summed E-state index contributed by atoms with van der Waals surface area (Å²) in [7, 11) is 0. The first-order valence-electron chi connectivity index (χ1n) is 6.76. The average Bonchev–Trinajstić information content (AvgIpc) is 2.45. The molecule has 0 spiro atoms. The van der Waals surface area contributed by atoms with Gasteiger partial charge in [0.15, 0.2) is 0 Å². The Bertz CT molecular complexity index is 644. The Labute approximate surface area is 122 Å². The summed E-state index contributed by atoms with van der Waals surface area (Å²) >= 11 is 0. The van der Waals surface area contributed by atoms with Gasteiger partial charge in [0.1, 0.15) is 0 Å². The molecule has 0 aliphatic carbocycles. The third kappa shape index (κ3) is 4.10. The van der Waals surface area contributed by atoms with Crippen molar-refractivity contribution in [1.82, 2.24) is 5.32 Å². The zero-order valence-corrected chi connectivity index (χ0v) is 11.8. The van der Waals surface area contributed by atoms with Crippen molar-refractivity contribution in [3.63, 3.8) is 0 Å². The summed E-state index contributed by atoms with van der Waals surface area (Å²) < 4.78 is 13.5. The number of aryl methyl sites for hydroxylation is 1. The number of nitrogens with zero attached hydrogens (tertiary/aromatic N) is 1. The first kappa shape index (κ1) is 15.1. The number of nitro benzene ring substituents is 1. The first-order chi connectivity index (χ1) is 10.1. The lowest BCUT2D eigenvalue weighted by Gasteiger charge is -2.07. The quantitative estimate of drug-likeness (QED) is 0.503. The fourth-order valence-corrected chi connectivity index (χ4v) is 2.15. The SMILES string of the molecule is Cc1ccccc1CCNCc1ccc([N+](=O)[O-])c(F)c1. The van der Waals surface area contributed by atoms with Crippen LogP contribution in [0.25, 0.3) is 0 Å². The number of benzene rings is 2. The van der Waals surface area contributed by atoms with Crippen molar-refractivity contribution in [3.05, 3.63) is 75.1 Å². The molecular formula is C16H17FN2O2. The van der Waals surface area contributed by atoms with Crippen LogP contribution in [0.1, 0.15) is 16.7 Å². The maximum atomic E-state index is 13.5. The maximum absolute atomic E-state index is 13.5. The molecule has 0 aliphatic heterocycles. The molecule has 0 aliphatic rings. The van der Waals surface area contributed by atoms with E-state index in [4.69, 9.17) is 0 Å². The Kier molecular flexibility index (Phi) is 5.00. The van der Waals surface area contributed by atoms with Crippen LogP contribution in [0.15, 0.2) is 42.5 Å². The Morgan fingerprint density at radius 3 is 2.67 bits per heavy atom. The van der Waals surface area contributed by atoms with Gasteiger partial charge < -0.3 is 5.32 Å². The van der Waals surface area contributed by atoms with Gasteiger partial charge >= 0.3 is 5.69 Å². The first-order valence-corrected chi connectivity index (χ1v) is 6.76. The third-order valence-corrected chi connectivity index (χ3v) is 3.37. The van der Waals surface area contributed by atoms with E-state index < -0.39 is 16.4 Å². The van der Waals surface area contributed by atoms with Gasteiger partial charge in [-0.25, -0.2) is 0 Å². The highest BCUT2D eigenvalue weighted by Gasteiger charge is 2.13. The zero-order chi connectivity index (χ0) is 15.2. The zero-order valence-electron chi connectivity index (χ0n) is 11.8. The second kappa shape index (κ2) is 6.95. The largest absolute Gasteiger partial charge is 0.312 e. The Hall–Kier alpha value is -2.27. The van der Waals surface area contributed by atoms with Gasteiger partial charge in [-0.15, -0.1) is 0 Å². The van der Waals surface area contributed by atoms with Gasteiger partial charge in [0, 0.05) is 12.6 Å². The van der Waals surface area contributed by atoms with Crippen LogP contribution in [0.2, 0.25) is 0 Å².